The molecule has 1 aliphatic rings. The summed E-state index contributed by atoms with van der Waals surface area (Å²) in [6, 6.07) is 12.1. The molecule has 0 saturated carbocycles. The number of carbonyl (C=O) groups excluding carboxylic acids is 1. The van der Waals surface area contributed by atoms with Crippen LogP contribution in [0, 0.1) is 11.3 Å². The van der Waals surface area contributed by atoms with Crippen LogP contribution in [-0.2, 0) is 4.79 Å². The van der Waals surface area contributed by atoms with Gasteiger partial charge in [0.1, 0.15) is 24.0 Å². The van der Waals surface area contributed by atoms with Gasteiger partial charge in [0.05, 0.1) is 19.9 Å². The van der Waals surface area contributed by atoms with Gasteiger partial charge in [-0.25, -0.2) is 0 Å². The number of methoxy groups -OCH3 is 2. The molecule has 1 amide bonds. The van der Waals surface area contributed by atoms with Gasteiger partial charge in [0, 0.05) is 11.6 Å². The van der Waals surface area contributed by atoms with Crippen molar-refractivity contribution < 1.29 is 19.0 Å². The number of rotatable bonds is 9. The monoisotopic (exact) mass is 469 g/mol. The predicted octanol–water partition coefficient (Wildman–Crippen LogP) is 4.77. The maximum Gasteiger partial charge on any atom is 0.266 e. The average Bonchev–Trinajstić information content (AvgIpc) is 2.83. The molecule has 0 unspecified atom stereocenters. The van der Waals surface area contributed by atoms with Gasteiger partial charge in [-0.2, -0.15) is 5.26 Å². The summed E-state index contributed by atoms with van der Waals surface area (Å²) in [5.41, 5.74) is 0.948. The first kappa shape index (κ1) is 24.4. The fourth-order valence-electron chi connectivity index (χ4n) is 3.64. The van der Waals surface area contributed by atoms with Crippen molar-refractivity contribution in [1.82, 2.24) is 4.90 Å². The topological polar surface area (TPSA) is 83.8 Å². The summed E-state index contributed by atoms with van der Waals surface area (Å²) in [7, 11) is 3.05. The second-order valence-corrected chi connectivity index (χ2v) is 8.07. The van der Waals surface area contributed by atoms with Gasteiger partial charge >= 0.3 is 0 Å². The van der Waals surface area contributed by atoms with Crippen LogP contribution in [0.5, 0.6) is 17.2 Å². The van der Waals surface area contributed by atoms with Crippen molar-refractivity contribution >= 4 is 29.3 Å². The van der Waals surface area contributed by atoms with E-state index in [9.17, 15) is 10.1 Å². The zero-order chi connectivity index (χ0) is 23.6. The molecular formula is C25H28ClN3O4. The van der Waals surface area contributed by atoms with E-state index in [0.29, 0.717) is 40.1 Å². The number of likely N-dealkylation sites (tertiary alicyclic amines) is 1. The van der Waals surface area contributed by atoms with E-state index in [1.165, 1.54) is 32.4 Å². The Morgan fingerprint density at radius 1 is 1.09 bits per heavy atom. The molecular weight excluding hydrogens is 442 g/mol. The smallest absolute Gasteiger partial charge is 0.266 e. The maximum absolute atomic E-state index is 12.7. The maximum atomic E-state index is 12.7. The number of amides is 1. The van der Waals surface area contributed by atoms with Gasteiger partial charge in [-0.1, -0.05) is 24.1 Å². The minimum Gasteiger partial charge on any atom is -0.495 e. The minimum atomic E-state index is -0.570. The van der Waals surface area contributed by atoms with Gasteiger partial charge in [0.15, 0.2) is 11.5 Å². The Labute approximate surface area is 199 Å². The van der Waals surface area contributed by atoms with Crippen LogP contribution < -0.4 is 19.5 Å². The van der Waals surface area contributed by atoms with Gasteiger partial charge in [0.25, 0.3) is 5.91 Å². The summed E-state index contributed by atoms with van der Waals surface area (Å²) in [6.45, 7) is 3.67. The van der Waals surface area contributed by atoms with Crippen LogP contribution >= 0.6 is 11.6 Å². The first-order valence-corrected chi connectivity index (χ1v) is 11.2. The summed E-state index contributed by atoms with van der Waals surface area (Å²) in [5, 5.41) is 12.7. The molecule has 8 heteroatoms. The first-order chi connectivity index (χ1) is 16.0. The summed E-state index contributed by atoms with van der Waals surface area (Å²) < 4.78 is 16.6. The van der Waals surface area contributed by atoms with Gasteiger partial charge < -0.3 is 19.5 Å². The molecule has 2 aromatic rings. The summed E-state index contributed by atoms with van der Waals surface area (Å²) in [6.07, 6.45) is 5.27. The van der Waals surface area contributed by atoms with Crippen molar-refractivity contribution in [2.24, 2.45) is 0 Å². The van der Waals surface area contributed by atoms with E-state index >= 15 is 0 Å². The Hall–Kier alpha value is -3.21. The normalized spacial score (nSPS) is 14.3. The molecule has 0 aromatic heterocycles. The van der Waals surface area contributed by atoms with E-state index in [0.717, 1.165) is 19.6 Å². The summed E-state index contributed by atoms with van der Waals surface area (Å²) in [4.78, 5) is 15.1. The highest BCUT2D eigenvalue weighted by Crippen LogP contribution is 2.30. The molecule has 174 valence electrons. The molecule has 7 nitrogen and oxygen atoms in total. The number of ether oxygens (including phenoxy) is 3. The number of piperidine rings is 1. The summed E-state index contributed by atoms with van der Waals surface area (Å²) >= 11 is 6.01. The number of benzene rings is 2. The third-order valence-electron chi connectivity index (χ3n) is 5.39. The quantitative estimate of drug-likeness (QED) is 0.420. The molecule has 1 saturated heterocycles. The Balaban J connectivity index is 1.69. The van der Waals surface area contributed by atoms with Gasteiger partial charge in [-0.3, -0.25) is 9.69 Å². The second kappa shape index (κ2) is 12.1. The van der Waals surface area contributed by atoms with Crippen LogP contribution in [0.4, 0.5) is 5.69 Å². The van der Waals surface area contributed by atoms with Crippen LogP contribution in [0.15, 0.2) is 42.0 Å². The molecule has 0 aliphatic carbocycles. The highest BCUT2D eigenvalue weighted by molar-refractivity contribution is 6.31. The molecule has 33 heavy (non-hydrogen) atoms. The van der Waals surface area contributed by atoms with Gasteiger partial charge in [-0.15, -0.1) is 0 Å². The van der Waals surface area contributed by atoms with Crippen molar-refractivity contribution in [2.45, 2.75) is 19.3 Å². The number of anilines is 1. The van der Waals surface area contributed by atoms with Crippen LogP contribution in [0.1, 0.15) is 24.8 Å². The lowest BCUT2D eigenvalue weighted by Gasteiger charge is -2.26. The zero-order valence-corrected chi connectivity index (χ0v) is 19.7. The lowest BCUT2D eigenvalue weighted by atomic mass is 10.1. The standard InChI is InChI=1S/C25H28ClN3O4/c1-31-22-9-7-20(26)16-21(22)28-25(30)19(17-27)14-18-6-8-23(24(15-18)32-2)33-13-12-29-10-4-3-5-11-29/h6-9,14-16H,3-5,10-13H2,1-2H3,(H,28,30)/b19-14+. The third kappa shape index (κ3) is 6.88. The Morgan fingerprint density at radius 2 is 1.82 bits per heavy atom. The highest BCUT2D eigenvalue weighted by Gasteiger charge is 2.15. The lowest BCUT2D eigenvalue weighted by molar-refractivity contribution is -0.112. The number of hydrogen-bond acceptors (Lipinski definition) is 6. The van der Waals surface area contributed by atoms with E-state index in [1.54, 1.807) is 43.5 Å². The number of hydrogen-bond donors (Lipinski definition) is 1. The SMILES string of the molecule is COc1ccc(Cl)cc1NC(=O)/C(C#N)=C/c1ccc(OCCN2CCCCC2)c(OC)c1. The molecule has 0 atom stereocenters. The molecule has 1 fully saturated rings. The zero-order valence-electron chi connectivity index (χ0n) is 18.9. The lowest BCUT2D eigenvalue weighted by Crippen LogP contribution is -2.33. The first-order valence-electron chi connectivity index (χ1n) is 10.8. The average molecular weight is 470 g/mol. The molecule has 0 radical (unpaired) electrons. The fourth-order valence-corrected chi connectivity index (χ4v) is 3.82. The van der Waals surface area contributed by atoms with E-state index in [-0.39, 0.29) is 5.57 Å². The van der Waals surface area contributed by atoms with Crippen LogP contribution in [-0.4, -0.2) is 51.3 Å². The van der Waals surface area contributed by atoms with Gasteiger partial charge in [0.2, 0.25) is 0 Å². The highest BCUT2D eigenvalue weighted by atomic mass is 35.5. The van der Waals surface area contributed by atoms with Gasteiger partial charge in [-0.05, 0) is 67.9 Å². The largest absolute Gasteiger partial charge is 0.495 e. The number of carbonyl (C=O) groups is 1. The van der Waals surface area contributed by atoms with E-state index in [2.05, 4.69) is 10.2 Å². The molecule has 0 bridgehead atoms. The molecule has 2 aromatic carbocycles. The van der Waals surface area contributed by atoms with Crippen LogP contribution in [0.3, 0.4) is 0 Å². The molecule has 3 rings (SSSR count). The van der Waals surface area contributed by atoms with Crippen molar-refractivity contribution in [3.8, 4) is 23.3 Å². The number of nitrogens with one attached hydrogen (secondary N) is 1. The Morgan fingerprint density at radius 3 is 2.52 bits per heavy atom. The minimum absolute atomic E-state index is 0.0714. The molecule has 1 heterocycles. The van der Waals surface area contributed by atoms with E-state index in [4.69, 9.17) is 25.8 Å². The predicted molar refractivity (Wildman–Crippen MR) is 129 cm³/mol. The Bertz CT molecular complexity index is 1040. The molecule has 0 spiro atoms. The van der Waals surface area contributed by atoms with Crippen molar-refractivity contribution in [1.29, 1.82) is 5.26 Å². The van der Waals surface area contributed by atoms with Crippen LogP contribution in [0.25, 0.3) is 6.08 Å². The van der Waals surface area contributed by atoms with Crippen molar-refractivity contribution in [3.05, 3.63) is 52.6 Å². The van der Waals surface area contributed by atoms with Crippen LogP contribution in [0.2, 0.25) is 5.02 Å². The summed E-state index contributed by atoms with van der Waals surface area (Å²) in [5.74, 6) is 1.03. The van der Waals surface area contributed by atoms with E-state index in [1.807, 2.05) is 6.07 Å². The molecule has 1 aliphatic heterocycles. The Kier molecular flexibility index (Phi) is 8.99. The number of halogens is 1. The fraction of sp³-hybridized carbons (Fsp3) is 0.360. The number of nitriles is 1. The van der Waals surface area contributed by atoms with Crippen molar-refractivity contribution in [2.75, 3.05) is 45.8 Å². The number of nitrogens with zero attached hydrogens (tertiary/aromatic N) is 2. The second-order valence-electron chi connectivity index (χ2n) is 7.63. The third-order valence-corrected chi connectivity index (χ3v) is 5.62. The van der Waals surface area contributed by atoms with Crippen molar-refractivity contribution in [3.63, 3.8) is 0 Å². The van der Waals surface area contributed by atoms with E-state index < -0.39 is 5.91 Å². The molecule has 1 N–H and O–H groups in total.